The van der Waals surface area contributed by atoms with Gasteiger partial charge in [-0.15, -0.1) is 10.2 Å². The fourth-order valence-corrected chi connectivity index (χ4v) is 1.61. The van der Waals surface area contributed by atoms with E-state index < -0.39 is 0 Å². The van der Waals surface area contributed by atoms with Crippen molar-refractivity contribution in [2.24, 2.45) is 0 Å². The van der Waals surface area contributed by atoms with E-state index in [2.05, 4.69) is 25.6 Å². The smallest absolute Gasteiger partial charge is 0.183 e. The number of hydrogen-bond acceptors (Lipinski definition) is 5. The Bertz CT molecular complexity index is 651. The lowest BCUT2D eigenvalue weighted by atomic mass is 10.3. The van der Waals surface area contributed by atoms with Gasteiger partial charge in [0, 0.05) is 0 Å². The zero-order valence-corrected chi connectivity index (χ0v) is 9.33. The number of benzene rings is 1. The van der Waals surface area contributed by atoms with E-state index in [0.717, 1.165) is 11.0 Å². The molecule has 0 spiro atoms. The quantitative estimate of drug-likeness (QED) is 0.746. The first-order chi connectivity index (χ1) is 8.33. The van der Waals surface area contributed by atoms with Crippen LogP contribution in [0, 0.1) is 0 Å². The zero-order valence-electron chi connectivity index (χ0n) is 8.58. The van der Waals surface area contributed by atoms with Gasteiger partial charge in [-0.3, -0.25) is 5.43 Å². The van der Waals surface area contributed by atoms with Crippen molar-refractivity contribution < 1.29 is 0 Å². The second-order valence-corrected chi connectivity index (χ2v) is 3.69. The molecule has 0 aliphatic heterocycles. The maximum Gasteiger partial charge on any atom is 0.183 e. The summed E-state index contributed by atoms with van der Waals surface area (Å²) in [6, 6.07) is 7.51. The molecule has 0 aliphatic rings. The summed E-state index contributed by atoms with van der Waals surface area (Å²) < 4.78 is 1.55. The summed E-state index contributed by atoms with van der Waals surface area (Å²) in [6.07, 6.45) is 3.01. The molecule has 2 aromatic heterocycles. The standard InChI is InChI=1S/C10H7ClN6/c11-9-10(16-17-5-12-13-6-17)15-8-4-2-1-3-7(8)14-9/h1-6H,(H,15,16). The molecule has 7 heteroatoms. The molecular formula is C10H7ClN6. The third-order valence-corrected chi connectivity index (χ3v) is 2.45. The first kappa shape index (κ1) is 9.98. The maximum absolute atomic E-state index is 6.03. The predicted molar refractivity (Wildman–Crippen MR) is 63.6 cm³/mol. The van der Waals surface area contributed by atoms with Gasteiger partial charge in [0.2, 0.25) is 0 Å². The Hall–Kier alpha value is -2.21. The number of nitrogens with one attached hydrogen (secondary N) is 1. The van der Waals surface area contributed by atoms with Crippen molar-refractivity contribution in [3.05, 3.63) is 42.1 Å². The van der Waals surface area contributed by atoms with Gasteiger partial charge >= 0.3 is 0 Å². The van der Waals surface area contributed by atoms with E-state index in [-0.39, 0.29) is 0 Å². The molecule has 6 nitrogen and oxygen atoms in total. The number of anilines is 1. The zero-order chi connectivity index (χ0) is 11.7. The molecule has 0 bridgehead atoms. The van der Waals surface area contributed by atoms with Crippen molar-refractivity contribution in [1.29, 1.82) is 0 Å². The van der Waals surface area contributed by atoms with E-state index in [1.165, 1.54) is 12.7 Å². The van der Waals surface area contributed by atoms with Crippen molar-refractivity contribution in [2.75, 3.05) is 5.43 Å². The lowest BCUT2D eigenvalue weighted by Crippen LogP contribution is -2.09. The number of nitrogens with zero attached hydrogens (tertiary/aromatic N) is 5. The molecule has 0 atom stereocenters. The Balaban J connectivity index is 2.07. The summed E-state index contributed by atoms with van der Waals surface area (Å²) in [5.41, 5.74) is 4.46. The van der Waals surface area contributed by atoms with Crippen molar-refractivity contribution in [2.45, 2.75) is 0 Å². The highest BCUT2D eigenvalue weighted by atomic mass is 35.5. The highest BCUT2D eigenvalue weighted by molar-refractivity contribution is 6.32. The van der Waals surface area contributed by atoms with Gasteiger partial charge in [-0.2, -0.15) is 0 Å². The number of hydrogen-bond donors (Lipinski definition) is 1. The van der Waals surface area contributed by atoms with Gasteiger partial charge in [0.05, 0.1) is 11.0 Å². The number of rotatable bonds is 2. The summed E-state index contributed by atoms with van der Waals surface area (Å²) in [5, 5.41) is 7.64. The van der Waals surface area contributed by atoms with E-state index in [9.17, 15) is 0 Å². The second kappa shape index (κ2) is 3.99. The average molecular weight is 247 g/mol. The van der Waals surface area contributed by atoms with Gasteiger partial charge in [-0.1, -0.05) is 23.7 Å². The third kappa shape index (κ3) is 1.90. The molecular weight excluding hydrogens is 240 g/mol. The molecule has 3 aromatic rings. The first-order valence-electron chi connectivity index (χ1n) is 4.87. The van der Waals surface area contributed by atoms with Gasteiger partial charge in [-0.05, 0) is 12.1 Å². The number of halogens is 1. The van der Waals surface area contributed by atoms with Crippen LogP contribution >= 0.6 is 11.6 Å². The molecule has 3 rings (SSSR count). The van der Waals surface area contributed by atoms with Crippen LogP contribution in [-0.4, -0.2) is 24.8 Å². The topological polar surface area (TPSA) is 68.5 Å². The van der Waals surface area contributed by atoms with Crippen LogP contribution in [0.3, 0.4) is 0 Å². The minimum atomic E-state index is 0.303. The van der Waals surface area contributed by atoms with Crippen molar-refractivity contribution in [3.8, 4) is 0 Å². The monoisotopic (exact) mass is 246 g/mol. The third-order valence-electron chi connectivity index (χ3n) is 2.18. The molecule has 84 valence electrons. The Morgan fingerprint density at radius 3 is 2.35 bits per heavy atom. The minimum Gasteiger partial charge on any atom is -0.272 e. The van der Waals surface area contributed by atoms with E-state index in [1.807, 2.05) is 24.3 Å². The van der Waals surface area contributed by atoms with Gasteiger partial charge < -0.3 is 0 Å². The Morgan fingerprint density at radius 2 is 1.65 bits per heavy atom. The summed E-state index contributed by atoms with van der Waals surface area (Å²) in [6.45, 7) is 0. The number of aromatic nitrogens is 5. The minimum absolute atomic E-state index is 0.303. The fraction of sp³-hybridized carbons (Fsp3) is 0. The summed E-state index contributed by atoms with van der Waals surface area (Å²) >= 11 is 6.03. The molecule has 0 radical (unpaired) electrons. The van der Waals surface area contributed by atoms with E-state index in [1.54, 1.807) is 4.68 Å². The highest BCUT2D eigenvalue weighted by Crippen LogP contribution is 2.20. The van der Waals surface area contributed by atoms with Crippen LogP contribution in [0.2, 0.25) is 5.15 Å². The van der Waals surface area contributed by atoms with Gasteiger partial charge in [0.25, 0.3) is 0 Å². The van der Waals surface area contributed by atoms with Crippen LogP contribution in [0.15, 0.2) is 36.9 Å². The van der Waals surface area contributed by atoms with Crippen molar-refractivity contribution in [3.63, 3.8) is 0 Å². The SMILES string of the molecule is Clc1nc2ccccc2nc1Nn1cnnc1. The van der Waals surface area contributed by atoms with Crippen molar-refractivity contribution in [1.82, 2.24) is 24.8 Å². The Kier molecular flexibility index (Phi) is 2.34. The Morgan fingerprint density at radius 1 is 1.00 bits per heavy atom. The van der Waals surface area contributed by atoms with Crippen LogP contribution in [0.4, 0.5) is 5.82 Å². The summed E-state index contributed by atoms with van der Waals surface area (Å²) in [4.78, 5) is 8.61. The van der Waals surface area contributed by atoms with Gasteiger partial charge in [0.15, 0.2) is 11.0 Å². The normalized spacial score (nSPS) is 10.6. The molecule has 0 fully saturated rings. The van der Waals surface area contributed by atoms with Crippen LogP contribution in [0.25, 0.3) is 11.0 Å². The van der Waals surface area contributed by atoms with E-state index >= 15 is 0 Å². The summed E-state index contributed by atoms with van der Waals surface area (Å²) in [7, 11) is 0. The van der Waals surface area contributed by atoms with Crippen LogP contribution in [0.5, 0.6) is 0 Å². The number of fused-ring (bicyclic) bond motifs is 1. The fourth-order valence-electron chi connectivity index (χ4n) is 1.43. The molecule has 1 aromatic carbocycles. The largest absolute Gasteiger partial charge is 0.272 e. The molecule has 17 heavy (non-hydrogen) atoms. The summed E-state index contributed by atoms with van der Waals surface area (Å²) in [5.74, 6) is 0.463. The Labute approximate surface area is 101 Å². The van der Waals surface area contributed by atoms with Crippen LogP contribution in [0.1, 0.15) is 0 Å². The lowest BCUT2D eigenvalue weighted by molar-refractivity contribution is 0.935. The molecule has 0 unspecified atom stereocenters. The van der Waals surface area contributed by atoms with Gasteiger partial charge in [0.1, 0.15) is 12.7 Å². The predicted octanol–water partition coefficient (Wildman–Crippen LogP) is 1.75. The van der Waals surface area contributed by atoms with E-state index in [4.69, 9.17) is 11.6 Å². The van der Waals surface area contributed by atoms with Crippen molar-refractivity contribution >= 4 is 28.5 Å². The molecule has 2 heterocycles. The average Bonchev–Trinajstić information content (AvgIpc) is 2.83. The van der Waals surface area contributed by atoms with Gasteiger partial charge in [-0.25, -0.2) is 14.6 Å². The molecule has 0 aliphatic carbocycles. The molecule has 0 amide bonds. The molecule has 0 saturated heterocycles. The molecule has 1 N–H and O–H groups in total. The van der Waals surface area contributed by atoms with Crippen LogP contribution in [-0.2, 0) is 0 Å². The maximum atomic E-state index is 6.03. The van der Waals surface area contributed by atoms with E-state index in [0.29, 0.717) is 11.0 Å². The highest BCUT2D eigenvalue weighted by Gasteiger charge is 2.06. The first-order valence-corrected chi connectivity index (χ1v) is 5.25. The second-order valence-electron chi connectivity index (χ2n) is 3.33. The lowest BCUT2D eigenvalue weighted by Gasteiger charge is -2.07. The van der Waals surface area contributed by atoms with Crippen LogP contribution < -0.4 is 5.43 Å². The number of para-hydroxylation sites is 2. The molecule has 0 saturated carbocycles.